The molecule has 4 nitrogen and oxygen atoms in total. The average Bonchev–Trinajstić information content (AvgIpc) is 3.17. The number of fused-ring (bicyclic) bond motifs is 1. The van der Waals surface area contributed by atoms with E-state index in [2.05, 4.69) is 32.1 Å². The van der Waals surface area contributed by atoms with Gasteiger partial charge in [-0.3, -0.25) is 0 Å². The van der Waals surface area contributed by atoms with Gasteiger partial charge in [-0.25, -0.2) is 9.97 Å². The third kappa shape index (κ3) is 1.70. The highest BCUT2D eigenvalue weighted by Gasteiger charge is 2.09. The minimum absolute atomic E-state index is 0.857. The first-order valence-electron chi connectivity index (χ1n) is 6.45. The third-order valence-corrected chi connectivity index (χ3v) is 3.36. The summed E-state index contributed by atoms with van der Waals surface area (Å²) in [6, 6.07) is 14.1. The van der Waals surface area contributed by atoms with Gasteiger partial charge in [-0.2, -0.15) is 0 Å². The number of nitrogens with one attached hydrogen (secondary N) is 2. The first-order chi connectivity index (χ1) is 9.92. The second-order valence-electron chi connectivity index (χ2n) is 4.60. The van der Waals surface area contributed by atoms with Crippen LogP contribution in [-0.4, -0.2) is 19.9 Å². The van der Waals surface area contributed by atoms with E-state index in [1.165, 1.54) is 0 Å². The first-order valence-corrected chi connectivity index (χ1v) is 6.45. The molecule has 4 rings (SSSR count). The van der Waals surface area contributed by atoms with Gasteiger partial charge in [-0.15, -0.1) is 0 Å². The Labute approximate surface area is 115 Å². The Balaban J connectivity index is 1.84. The highest BCUT2D eigenvalue weighted by molar-refractivity contribution is 5.91. The van der Waals surface area contributed by atoms with E-state index in [9.17, 15) is 0 Å². The number of H-pyrrole nitrogens is 2. The summed E-state index contributed by atoms with van der Waals surface area (Å²) in [4.78, 5) is 15.3. The van der Waals surface area contributed by atoms with Gasteiger partial charge >= 0.3 is 0 Å². The predicted octanol–water partition coefficient (Wildman–Crippen LogP) is 3.62. The molecule has 96 valence electrons. The first kappa shape index (κ1) is 11.0. The van der Waals surface area contributed by atoms with E-state index in [-0.39, 0.29) is 0 Å². The zero-order chi connectivity index (χ0) is 13.4. The van der Waals surface area contributed by atoms with Gasteiger partial charge in [0.2, 0.25) is 0 Å². The van der Waals surface area contributed by atoms with Crippen LogP contribution in [0.4, 0.5) is 0 Å². The summed E-state index contributed by atoms with van der Waals surface area (Å²) in [5, 5.41) is 1.07. The van der Waals surface area contributed by atoms with Crippen LogP contribution in [-0.2, 0) is 0 Å². The normalized spacial score (nSPS) is 11.0. The SMILES string of the molecule is c1ccc(-c2c[nH]c(-c3ccnc4[nH]ccc34)n2)cc1. The molecule has 0 saturated carbocycles. The van der Waals surface area contributed by atoms with Crippen molar-refractivity contribution in [1.82, 2.24) is 19.9 Å². The molecule has 0 aliphatic rings. The summed E-state index contributed by atoms with van der Waals surface area (Å²) < 4.78 is 0. The second kappa shape index (κ2) is 4.35. The molecule has 0 amide bonds. The summed E-state index contributed by atoms with van der Waals surface area (Å²) >= 11 is 0. The zero-order valence-corrected chi connectivity index (χ0v) is 10.7. The Bertz CT molecular complexity index is 858. The summed E-state index contributed by atoms with van der Waals surface area (Å²) in [7, 11) is 0. The van der Waals surface area contributed by atoms with E-state index in [1.807, 2.05) is 42.7 Å². The standard InChI is InChI=1S/C16H12N4/c1-2-4-11(5-3-1)14-10-19-16(20-14)13-7-9-18-15-12(13)6-8-17-15/h1-10H,(H,17,18)(H,19,20). The molecule has 0 unspecified atom stereocenters. The minimum atomic E-state index is 0.857. The molecule has 0 aliphatic carbocycles. The van der Waals surface area contributed by atoms with Gasteiger partial charge in [0.15, 0.2) is 0 Å². The topological polar surface area (TPSA) is 57.4 Å². The van der Waals surface area contributed by atoms with Crippen LogP contribution in [0, 0.1) is 0 Å². The van der Waals surface area contributed by atoms with Crippen LogP contribution >= 0.6 is 0 Å². The quantitative estimate of drug-likeness (QED) is 0.578. The van der Waals surface area contributed by atoms with Crippen molar-refractivity contribution in [2.45, 2.75) is 0 Å². The summed E-state index contributed by atoms with van der Waals surface area (Å²) in [5.74, 6) is 0.857. The maximum absolute atomic E-state index is 4.68. The molecule has 2 N–H and O–H groups in total. The van der Waals surface area contributed by atoms with Crippen LogP contribution in [0.5, 0.6) is 0 Å². The zero-order valence-electron chi connectivity index (χ0n) is 10.7. The highest BCUT2D eigenvalue weighted by Crippen LogP contribution is 2.26. The molecule has 0 aliphatic heterocycles. The molecular weight excluding hydrogens is 248 g/mol. The maximum Gasteiger partial charge on any atom is 0.138 e. The molecule has 0 saturated heterocycles. The molecule has 0 bridgehead atoms. The lowest BCUT2D eigenvalue weighted by Crippen LogP contribution is -1.84. The number of hydrogen-bond acceptors (Lipinski definition) is 2. The molecule has 1 aromatic carbocycles. The number of benzene rings is 1. The van der Waals surface area contributed by atoms with Crippen LogP contribution < -0.4 is 0 Å². The van der Waals surface area contributed by atoms with Gasteiger partial charge in [-0.05, 0) is 12.1 Å². The van der Waals surface area contributed by atoms with Crippen LogP contribution in [0.3, 0.4) is 0 Å². The fraction of sp³-hybridized carbons (Fsp3) is 0. The number of nitrogens with zero attached hydrogens (tertiary/aromatic N) is 2. The Morgan fingerprint density at radius 2 is 1.80 bits per heavy atom. The molecule has 0 fully saturated rings. The predicted molar refractivity (Wildman–Crippen MR) is 79.1 cm³/mol. The van der Waals surface area contributed by atoms with Gasteiger partial charge in [0.1, 0.15) is 11.5 Å². The maximum atomic E-state index is 4.68. The van der Waals surface area contributed by atoms with Crippen LogP contribution in [0.25, 0.3) is 33.7 Å². The fourth-order valence-corrected chi connectivity index (χ4v) is 2.38. The Morgan fingerprint density at radius 3 is 2.70 bits per heavy atom. The van der Waals surface area contributed by atoms with Crippen molar-refractivity contribution in [2.24, 2.45) is 0 Å². The van der Waals surface area contributed by atoms with E-state index in [4.69, 9.17) is 0 Å². The Kier molecular flexibility index (Phi) is 2.39. The number of hydrogen-bond donors (Lipinski definition) is 2. The number of aromatic amines is 2. The van der Waals surface area contributed by atoms with Gasteiger partial charge < -0.3 is 9.97 Å². The van der Waals surface area contributed by atoms with Crippen LogP contribution in [0.2, 0.25) is 0 Å². The number of pyridine rings is 1. The van der Waals surface area contributed by atoms with Crippen molar-refractivity contribution in [3.8, 4) is 22.6 Å². The van der Waals surface area contributed by atoms with Gasteiger partial charge in [-0.1, -0.05) is 30.3 Å². The smallest absolute Gasteiger partial charge is 0.138 e. The van der Waals surface area contributed by atoms with Crippen molar-refractivity contribution in [2.75, 3.05) is 0 Å². The molecule has 3 heterocycles. The van der Waals surface area contributed by atoms with E-state index in [0.29, 0.717) is 0 Å². The summed E-state index contributed by atoms with van der Waals surface area (Å²) in [6.07, 6.45) is 5.62. The number of rotatable bonds is 2. The Morgan fingerprint density at radius 1 is 0.900 bits per heavy atom. The van der Waals surface area contributed by atoms with Crippen LogP contribution in [0.15, 0.2) is 61.1 Å². The van der Waals surface area contributed by atoms with E-state index < -0.39 is 0 Å². The number of imidazole rings is 1. The van der Waals surface area contributed by atoms with E-state index in [0.717, 1.165) is 33.7 Å². The van der Waals surface area contributed by atoms with Gasteiger partial charge in [0.05, 0.1) is 5.69 Å². The molecule has 0 radical (unpaired) electrons. The minimum Gasteiger partial charge on any atom is -0.346 e. The molecule has 0 atom stereocenters. The van der Waals surface area contributed by atoms with E-state index in [1.54, 1.807) is 6.20 Å². The summed E-state index contributed by atoms with van der Waals surface area (Å²) in [6.45, 7) is 0. The largest absolute Gasteiger partial charge is 0.346 e. The van der Waals surface area contributed by atoms with Crippen molar-refractivity contribution < 1.29 is 0 Å². The summed E-state index contributed by atoms with van der Waals surface area (Å²) in [5.41, 5.74) is 3.98. The molecule has 20 heavy (non-hydrogen) atoms. The van der Waals surface area contributed by atoms with Crippen molar-refractivity contribution >= 4 is 11.0 Å². The van der Waals surface area contributed by atoms with Crippen molar-refractivity contribution in [3.05, 3.63) is 61.1 Å². The lowest BCUT2D eigenvalue weighted by atomic mass is 10.1. The Hall–Kier alpha value is -2.88. The van der Waals surface area contributed by atoms with E-state index >= 15 is 0 Å². The molecular formula is C16H12N4. The third-order valence-electron chi connectivity index (χ3n) is 3.36. The fourth-order valence-electron chi connectivity index (χ4n) is 2.38. The van der Waals surface area contributed by atoms with Gasteiger partial charge in [0, 0.05) is 35.1 Å². The molecule has 0 spiro atoms. The molecule has 4 heteroatoms. The van der Waals surface area contributed by atoms with Crippen molar-refractivity contribution in [3.63, 3.8) is 0 Å². The molecule has 4 aromatic rings. The lowest BCUT2D eigenvalue weighted by molar-refractivity contribution is 1.29. The lowest BCUT2D eigenvalue weighted by Gasteiger charge is -1.98. The highest BCUT2D eigenvalue weighted by atomic mass is 14.9. The second-order valence-corrected chi connectivity index (χ2v) is 4.60. The van der Waals surface area contributed by atoms with Crippen molar-refractivity contribution in [1.29, 1.82) is 0 Å². The van der Waals surface area contributed by atoms with Crippen LogP contribution in [0.1, 0.15) is 0 Å². The number of aromatic nitrogens is 4. The monoisotopic (exact) mass is 260 g/mol. The average molecular weight is 260 g/mol. The van der Waals surface area contributed by atoms with Gasteiger partial charge in [0.25, 0.3) is 0 Å². The molecule has 3 aromatic heterocycles.